The monoisotopic (exact) mass is 419 g/mol. The van der Waals surface area contributed by atoms with Gasteiger partial charge in [0.15, 0.2) is 0 Å². The predicted octanol–water partition coefficient (Wildman–Crippen LogP) is 4.29. The van der Waals surface area contributed by atoms with Crippen molar-refractivity contribution >= 4 is 23.2 Å². The highest BCUT2D eigenvalue weighted by molar-refractivity contribution is 6.04. The van der Waals surface area contributed by atoms with Crippen LogP contribution in [-0.2, 0) is 4.74 Å². The average Bonchev–Trinajstić information content (AvgIpc) is 3.05. The van der Waals surface area contributed by atoms with E-state index in [4.69, 9.17) is 4.74 Å². The van der Waals surface area contributed by atoms with Gasteiger partial charge in [-0.25, -0.2) is 4.39 Å². The highest BCUT2D eigenvalue weighted by atomic mass is 19.1. The number of nitrogens with zero attached hydrogens (tertiary/aromatic N) is 1. The fourth-order valence-corrected chi connectivity index (χ4v) is 3.56. The molecule has 3 aromatic rings. The molecule has 31 heavy (non-hydrogen) atoms. The molecule has 2 amide bonds. The summed E-state index contributed by atoms with van der Waals surface area (Å²) in [7, 11) is 1.60. The molecule has 2 N–H and O–H groups in total. The number of hydrogen-bond donors (Lipinski definition) is 2. The normalized spacial score (nSPS) is 15.0. The fraction of sp³-hybridized carbons (Fsp3) is 0.167. The van der Waals surface area contributed by atoms with Crippen molar-refractivity contribution in [2.45, 2.75) is 6.17 Å². The van der Waals surface area contributed by atoms with Crippen LogP contribution in [0.4, 0.5) is 15.8 Å². The van der Waals surface area contributed by atoms with E-state index in [1.54, 1.807) is 36.3 Å². The summed E-state index contributed by atoms with van der Waals surface area (Å²) in [6, 6.07) is 20.1. The molecule has 0 saturated carbocycles. The minimum absolute atomic E-state index is 0.0413. The summed E-state index contributed by atoms with van der Waals surface area (Å²) < 4.78 is 18.2. The molecule has 0 saturated heterocycles. The Bertz CT molecular complexity index is 1080. The maximum Gasteiger partial charge on any atom is 0.256 e. The van der Waals surface area contributed by atoms with Crippen LogP contribution in [0.15, 0.2) is 72.8 Å². The lowest BCUT2D eigenvalue weighted by atomic mass is 10.1. The van der Waals surface area contributed by atoms with E-state index in [-0.39, 0.29) is 23.8 Å². The summed E-state index contributed by atoms with van der Waals surface area (Å²) in [5.41, 5.74) is 3.33. The van der Waals surface area contributed by atoms with Crippen LogP contribution in [0.25, 0.3) is 0 Å². The summed E-state index contributed by atoms with van der Waals surface area (Å²) >= 11 is 0. The lowest BCUT2D eigenvalue weighted by Gasteiger charge is -2.27. The van der Waals surface area contributed by atoms with Crippen molar-refractivity contribution in [2.24, 2.45) is 0 Å². The topological polar surface area (TPSA) is 70.7 Å². The summed E-state index contributed by atoms with van der Waals surface area (Å²) in [5.74, 6) is -0.693. The molecule has 0 fully saturated rings. The van der Waals surface area contributed by atoms with Gasteiger partial charge in [0.25, 0.3) is 11.8 Å². The molecule has 0 radical (unpaired) electrons. The zero-order chi connectivity index (χ0) is 21.8. The van der Waals surface area contributed by atoms with Gasteiger partial charge < -0.3 is 20.3 Å². The van der Waals surface area contributed by atoms with Gasteiger partial charge in [-0.2, -0.15) is 0 Å². The van der Waals surface area contributed by atoms with Crippen LogP contribution in [-0.4, -0.2) is 37.0 Å². The van der Waals surface area contributed by atoms with Crippen LogP contribution in [0.1, 0.15) is 32.4 Å². The van der Waals surface area contributed by atoms with Crippen LogP contribution < -0.4 is 10.6 Å². The lowest BCUT2D eigenvalue weighted by molar-refractivity contribution is 0.0674. The molecule has 4 rings (SSSR count). The van der Waals surface area contributed by atoms with Gasteiger partial charge in [-0.15, -0.1) is 0 Å². The highest BCUT2D eigenvalue weighted by Crippen LogP contribution is 2.34. The smallest absolute Gasteiger partial charge is 0.256 e. The second-order valence-corrected chi connectivity index (χ2v) is 7.16. The Morgan fingerprint density at radius 1 is 1.00 bits per heavy atom. The second-order valence-electron chi connectivity index (χ2n) is 7.16. The molecule has 0 bridgehead atoms. The molecule has 1 aliphatic rings. The molecule has 3 aromatic carbocycles. The van der Waals surface area contributed by atoms with Gasteiger partial charge in [0, 0.05) is 41.7 Å². The Morgan fingerprint density at radius 2 is 1.68 bits per heavy atom. The van der Waals surface area contributed by atoms with Crippen LogP contribution in [0.5, 0.6) is 0 Å². The van der Waals surface area contributed by atoms with Gasteiger partial charge in [-0.05, 0) is 54.6 Å². The van der Waals surface area contributed by atoms with Crippen molar-refractivity contribution in [3.63, 3.8) is 0 Å². The minimum Gasteiger partial charge on any atom is -0.383 e. The molecule has 1 aliphatic heterocycles. The third-order valence-corrected chi connectivity index (χ3v) is 5.15. The molecule has 158 valence electrons. The molecule has 6 nitrogen and oxygen atoms in total. The molecule has 0 unspecified atom stereocenters. The summed E-state index contributed by atoms with van der Waals surface area (Å²) in [5, 5.41) is 6.12. The van der Waals surface area contributed by atoms with Gasteiger partial charge in [0.1, 0.15) is 12.0 Å². The minimum atomic E-state index is -0.361. The van der Waals surface area contributed by atoms with E-state index in [1.165, 1.54) is 24.3 Å². The Morgan fingerprint density at radius 3 is 2.39 bits per heavy atom. The van der Waals surface area contributed by atoms with Crippen molar-refractivity contribution in [3.05, 3.63) is 95.3 Å². The predicted molar refractivity (Wildman–Crippen MR) is 117 cm³/mol. The van der Waals surface area contributed by atoms with Crippen molar-refractivity contribution < 1.29 is 18.7 Å². The maximum absolute atomic E-state index is 13.0. The van der Waals surface area contributed by atoms with Gasteiger partial charge in [0.05, 0.1) is 6.61 Å². The Kier molecular flexibility index (Phi) is 5.95. The Hall–Kier alpha value is -3.71. The van der Waals surface area contributed by atoms with Crippen molar-refractivity contribution in [1.29, 1.82) is 0 Å². The number of benzene rings is 3. The van der Waals surface area contributed by atoms with Gasteiger partial charge in [0.2, 0.25) is 0 Å². The third-order valence-electron chi connectivity index (χ3n) is 5.15. The molecule has 1 heterocycles. The first-order valence-electron chi connectivity index (χ1n) is 9.89. The number of halogens is 1. The number of ether oxygens (including phenoxy) is 1. The molecular weight excluding hydrogens is 397 g/mol. The quantitative estimate of drug-likeness (QED) is 0.599. The number of hydrogen-bond acceptors (Lipinski definition) is 4. The molecule has 0 aromatic heterocycles. The largest absolute Gasteiger partial charge is 0.383 e. The number of carbonyl (C=O) groups excluding carboxylic acids is 2. The van der Waals surface area contributed by atoms with E-state index in [0.717, 1.165) is 11.3 Å². The number of fused-ring (bicyclic) bond motifs is 1. The van der Waals surface area contributed by atoms with Crippen LogP contribution in [0.3, 0.4) is 0 Å². The van der Waals surface area contributed by atoms with Gasteiger partial charge in [-0.3, -0.25) is 9.59 Å². The maximum atomic E-state index is 13.0. The number of carbonyl (C=O) groups is 2. The standard InChI is InChI=1S/C24H22FN3O3/c1-31-15-14-28-22(20-4-2-3-5-21(20)24(28)30)26-18-10-6-16(7-11-18)23(29)27-19-12-8-17(25)9-13-19/h2-13,22,26H,14-15H2,1H3,(H,27,29)/t22-/m1/s1. The van der Waals surface area contributed by atoms with Crippen molar-refractivity contribution in [2.75, 3.05) is 30.9 Å². The first-order chi connectivity index (χ1) is 15.1. The van der Waals surface area contributed by atoms with E-state index in [1.807, 2.05) is 24.3 Å². The Labute approximate surface area is 179 Å². The van der Waals surface area contributed by atoms with Crippen molar-refractivity contribution in [1.82, 2.24) is 4.90 Å². The van der Waals surface area contributed by atoms with E-state index in [0.29, 0.717) is 30.0 Å². The molecular formula is C24H22FN3O3. The van der Waals surface area contributed by atoms with E-state index in [2.05, 4.69) is 10.6 Å². The first kappa shape index (κ1) is 20.6. The van der Waals surface area contributed by atoms with Crippen LogP contribution in [0.2, 0.25) is 0 Å². The van der Waals surface area contributed by atoms with Gasteiger partial charge >= 0.3 is 0 Å². The number of methoxy groups -OCH3 is 1. The molecule has 1 atom stereocenters. The van der Waals surface area contributed by atoms with Crippen LogP contribution >= 0.6 is 0 Å². The zero-order valence-corrected chi connectivity index (χ0v) is 17.0. The second kappa shape index (κ2) is 8.97. The summed E-state index contributed by atoms with van der Waals surface area (Å²) in [6.07, 6.45) is -0.322. The van der Waals surface area contributed by atoms with E-state index in [9.17, 15) is 14.0 Å². The first-order valence-corrected chi connectivity index (χ1v) is 9.89. The summed E-state index contributed by atoms with van der Waals surface area (Å²) in [4.78, 5) is 27.0. The van der Waals surface area contributed by atoms with Crippen LogP contribution in [0, 0.1) is 5.82 Å². The van der Waals surface area contributed by atoms with Crippen molar-refractivity contribution in [3.8, 4) is 0 Å². The molecule has 0 aliphatic carbocycles. The van der Waals surface area contributed by atoms with Gasteiger partial charge in [-0.1, -0.05) is 18.2 Å². The molecule has 0 spiro atoms. The number of anilines is 2. The van der Waals surface area contributed by atoms with E-state index < -0.39 is 0 Å². The Balaban J connectivity index is 1.49. The number of nitrogens with one attached hydrogen (secondary N) is 2. The third kappa shape index (κ3) is 4.41. The molecule has 7 heteroatoms. The number of rotatable bonds is 7. The highest BCUT2D eigenvalue weighted by Gasteiger charge is 2.36. The number of amides is 2. The SMILES string of the molecule is COCCN1C(=O)c2ccccc2[C@@H]1Nc1ccc(C(=O)Nc2ccc(F)cc2)cc1. The average molecular weight is 419 g/mol. The lowest BCUT2D eigenvalue weighted by Crippen LogP contribution is -2.34. The summed E-state index contributed by atoms with van der Waals surface area (Å²) in [6.45, 7) is 0.889. The van der Waals surface area contributed by atoms with E-state index >= 15 is 0 Å². The fourth-order valence-electron chi connectivity index (χ4n) is 3.56. The zero-order valence-electron chi connectivity index (χ0n) is 17.0.